The summed E-state index contributed by atoms with van der Waals surface area (Å²) in [4.78, 5) is 32.7. The second-order valence-corrected chi connectivity index (χ2v) is 5.39. The van der Waals surface area contributed by atoms with E-state index in [0.717, 1.165) is 0 Å². The van der Waals surface area contributed by atoms with Gasteiger partial charge in [-0.1, -0.05) is 0 Å². The summed E-state index contributed by atoms with van der Waals surface area (Å²) in [6.45, 7) is 0. The van der Waals surface area contributed by atoms with Crippen molar-refractivity contribution < 1.29 is 53.9 Å². The number of hydrogen-bond acceptors (Lipinski definition) is 3. The van der Waals surface area contributed by atoms with E-state index in [1.165, 1.54) is 0 Å². The van der Waals surface area contributed by atoms with Gasteiger partial charge in [-0.05, 0) is 0 Å². The minimum absolute atomic E-state index is 0. The van der Waals surface area contributed by atoms with Crippen LogP contribution in [0.1, 0.15) is 0 Å². The second kappa shape index (κ2) is 4.96. The average molecular weight is 305 g/mol. The Balaban J connectivity index is 0. The SMILES string of the molecule is O=P(O)(O)CC(O)P(=O)(O)O.[99Tc]. The van der Waals surface area contributed by atoms with E-state index in [0.29, 0.717) is 0 Å². The zero-order valence-corrected chi connectivity index (χ0v) is 9.26. The van der Waals surface area contributed by atoms with Gasteiger partial charge in [-0.2, -0.15) is 0 Å². The molecule has 5 N–H and O–H groups in total. The van der Waals surface area contributed by atoms with Gasteiger partial charge < -0.3 is 24.7 Å². The van der Waals surface area contributed by atoms with Crippen molar-refractivity contribution in [2.45, 2.75) is 5.85 Å². The second-order valence-electron chi connectivity index (χ2n) is 1.92. The van der Waals surface area contributed by atoms with Gasteiger partial charge in [0.05, 0.1) is 6.16 Å². The zero-order valence-electron chi connectivity index (χ0n) is 5.61. The molecule has 0 heterocycles. The van der Waals surface area contributed by atoms with E-state index in [9.17, 15) is 9.13 Å². The first kappa shape index (κ1) is 15.4. The summed E-state index contributed by atoms with van der Waals surface area (Å²) in [5.41, 5.74) is 0. The summed E-state index contributed by atoms with van der Waals surface area (Å²) >= 11 is 0. The van der Waals surface area contributed by atoms with Crippen molar-refractivity contribution >= 4 is 15.2 Å². The Morgan fingerprint density at radius 3 is 1.50 bits per heavy atom. The van der Waals surface area contributed by atoms with Crippen LogP contribution >= 0.6 is 15.2 Å². The summed E-state index contributed by atoms with van der Waals surface area (Å²) < 4.78 is 20.2. The smallest absolute Gasteiger partial charge is 0.354 e. The molecule has 1 radical (unpaired) electrons. The van der Waals surface area contributed by atoms with E-state index >= 15 is 0 Å². The first-order valence-corrected chi connectivity index (χ1v) is 5.89. The fraction of sp³-hybridized carbons (Fsp3) is 1.00. The predicted octanol–water partition coefficient (Wildman–Crippen LogP) is -1.34. The van der Waals surface area contributed by atoms with Crippen LogP contribution in [0.2, 0.25) is 0 Å². The Hall–Kier alpha value is 0.909. The van der Waals surface area contributed by atoms with Gasteiger partial charge in [0.15, 0.2) is 5.85 Å². The molecule has 0 saturated heterocycles. The van der Waals surface area contributed by atoms with Gasteiger partial charge in [-0.25, -0.2) is 0 Å². The summed E-state index contributed by atoms with van der Waals surface area (Å²) in [6.07, 6.45) is -1.22. The number of aliphatic hydroxyl groups excluding tert-OH is 1. The first-order chi connectivity index (χ1) is 4.63. The molecule has 0 saturated carbocycles. The quantitative estimate of drug-likeness (QED) is 0.407. The maximum atomic E-state index is 10.1. The summed E-state index contributed by atoms with van der Waals surface area (Å²) in [5, 5.41) is 8.47. The monoisotopic (exact) mass is 305 g/mol. The van der Waals surface area contributed by atoms with Crippen LogP contribution in [-0.2, 0) is 29.2 Å². The molecule has 0 aromatic rings. The van der Waals surface area contributed by atoms with E-state index in [4.69, 9.17) is 24.7 Å². The van der Waals surface area contributed by atoms with Crippen LogP contribution in [-0.4, -0.2) is 36.7 Å². The van der Waals surface area contributed by atoms with Crippen LogP contribution in [0.5, 0.6) is 0 Å². The van der Waals surface area contributed by atoms with Crippen molar-refractivity contribution in [1.29, 1.82) is 0 Å². The van der Waals surface area contributed by atoms with Crippen molar-refractivity contribution in [2.75, 3.05) is 6.16 Å². The third-order valence-electron chi connectivity index (χ3n) is 0.789. The Morgan fingerprint density at radius 1 is 1.08 bits per heavy atom. The van der Waals surface area contributed by atoms with E-state index < -0.39 is 27.2 Å². The van der Waals surface area contributed by atoms with E-state index in [-0.39, 0.29) is 20.1 Å². The van der Waals surface area contributed by atoms with Crippen LogP contribution in [0, 0.1) is 0 Å². The van der Waals surface area contributed by atoms with Crippen LogP contribution in [0.4, 0.5) is 0 Å². The summed E-state index contributed by atoms with van der Waals surface area (Å²) in [7, 11) is -9.35. The fourth-order valence-electron chi connectivity index (χ4n) is 0.319. The molecule has 10 heteroatoms. The van der Waals surface area contributed by atoms with Crippen LogP contribution < -0.4 is 0 Å². The van der Waals surface area contributed by atoms with Crippen LogP contribution in [0.3, 0.4) is 0 Å². The summed E-state index contributed by atoms with van der Waals surface area (Å²) in [5.74, 6) is -2.29. The Bertz CT molecular complexity index is 215. The fourth-order valence-corrected chi connectivity index (χ4v) is 2.23. The minimum atomic E-state index is -4.79. The molecule has 12 heavy (non-hydrogen) atoms. The topological polar surface area (TPSA) is 135 Å². The third-order valence-corrected chi connectivity index (χ3v) is 2.86. The Morgan fingerprint density at radius 2 is 1.42 bits per heavy atom. The van der Waals surface area contributed by atoms with Gasteiger partial charge in [0.25, 0.3) is 0 Å². The van der Waals surface area contributed by atoms with Crippen molar-refractivity contribution in [3.63, 3.8) is 0 Å². The zero-order chi connectivity index (χ0) is 9.28. The molecule has 75 valence electrons. The molecule has 0 amide bonds. The number of hydrogen-bond donors (Lipinski definition) is 5. The van der Waals surface area contributed by atoms with Crippen molar-refractivity contribution in [3.05, 3.63) is 0 Å². The third kappa shape index (κ3) is 7.55. The molecule has 1 atom stereocenters. The van der Waals surface area contributed by atoms with Gasteiger partial charge in [0.2, 0.25) is 0 Å². The van der Waals surface area contributed by atoms with E-state index in [1.54, 1.807) is 0 Å². The van der Waals surface area contributed by atoms with Gasteiger partial charge in [0, 0.05) is 20.1 Å². The molecule has 0 bridgehead atoms. The molecule has 0 aromatic heterocycles. The first-order valence-electron chi connectivity index (χ1n) is 2.41. The maximum Gasteiger partial charge on any atom is 0.354 e. The molecule has 0 spiro atoms. The molecule has 0 rings (SSSR count). The number of aliphatic hydroxyl groups is 1. The van der Waals surface area contributed by atoms with Crippen molar-refractivity contribution in [1.82, 2.24) is 0 Å². The van der Waals surface area contributed by atoms with E-state index in [2.05, 4.69) is 0 Å². The minimum Gasteiger partial charge on any atom is -0.380 e. The largest absolute Gasteiger partial charge is 0.380 e. The normalized spacial score (nSPS) is 15.1. The van der Waals surface area contributed by atoms with Crippen LogP contribution in [0.25, 0.3) is 0 Å². The van der Waals surface area contributed by atoms with E-state index in [1.807, 2.05) is 0 Å². The molecule has 0 aliphatic carbocycles. The van der Waals surface area contributed by atoms with Crippen molar-refractivity contribution in [3.8, 4) is 0 Å². The molecule has 0 aromatic carbocycles. The summed E-state index contributed by atoms with van der Waals surface area (Å²) in [6, 6.07) is 0. The standard InChI is InChI=1S/C2H8O7P2.Tc/c3-2(11(7,8)9)1-10(4,5)6;/h2-3H,1H2,(H2,4,5,6)(H2,7,8,9);/i;1+1. The maximum absolute atomic E-state index is 10.1. The van der Waals surface area contributed by atoms with Crippen LogP contribution in [0.15, 0.2) is 0 Å². The number of rotatable bonds is 3. The average Bonchev–Trinajstić information content (AvgIpc) is 1.56. The molecule has 7 nitrogen and oxygen atoms in total. The Labute approximate surface area is 81.5 Å². The molecule has 1 unspecified atom stereocenters. The van der Waals surface area contributed by atoms with Gasteiger partial charge in [0.1, 0.15) is 0 Å². The van der Waals surface area contributed by atoms with Gasteiger partial charge >= 0.3 is 15.2 Å². The Kier molecular flexibility index (Phi) is 6.36. The predicted molar refractivity (Wildman–Crippen MR) is 35.0 cm³/mol. The molecule has 0 aliphatic rings. The van der Waals surface area contributed by atoms with Gasteiger partial charge in [-0.15, -0.1) is 0 Å². The molecule has 0 aliphatic heterocycles. The van der Waals surface area contributed by atoms with Gasteiger partial charge in [-0.3, -0.25) is 9.13 Å². The molecular weight excluding hydrogens is 297 g/mol. The van der Waals surface area contributed by atoms with Crippen molar-refractivity contribution in [2.24, 2.45) is 0 Å². The molecule has 0 fully saturated rings. The molecular formula is C2H8O7P2Tc.